The summed E-state index contributed by atoms with van der Waals surface area (Å²) in [5.41, 5.74) is 0.993. The Bertz CT molecular complexity index is 613. The Morgan fingerprint density at radius 3 is 2.82 bits per heavy atom. The molecule has 0 N–H and O–H groups in total. The zero-order chi connectivity index (χ0) is 12.6. The molecule has 0 radical (unpaired) electrons. The molecule has 0 unspecified atom stereocenters. The third-order valence-corrected chi connectivity index (χ3v) is 2.90. The highest BCUT2D eigenvalue weighted by atomic mass is 35.5. The largest absolute Gasteiger partial charge is 0.495 e. The van der Waals surface area contributed by atoms with E-state index >= 15 is 0 Å². The maximum Gasteiger partial charge on any atom is 0.299 e. The van der Waals surface area contributed by atoms with Gasteiger partial charge in [-0.15, -0.1) is 0 Å². The van der Waals surface area contributed by atoms with Crippen LogP contribution >= 0.6 is 11.6 Å². The fourth-order valence-corrected chi connectivity index (χ4v) is 2.07. The van der Waals surface area contributed by atoms with Crippen LogP contribution in [0.15, 0.2) is 18.3 Å². The van der Waals surface area contributed by atoms with Crippen molar-refractivity contribution in [3.8, 4) is 5.75 Å². The molecule has 5 nitrogen and oxygen atoms in total. The Morgan fingerprint density at radius 2 is 2.24 bits per heavy atom. The van der Waals surface area contributed by atoms with Crippen LogP contribution in [0.2, 0.25) is 5.02 Å². The van der Waals surface area contributed by atoms with E-state index in [1.807, 2.05) is 6.92 Å². The summed E-state index contributed by atoms with van der Waals surface area (Å²) in [5, 5.41) is 11.9. The highest BCUT2D eigenvalue weighted by Gasteiger charge is 2.20. The maximum absolute atomic E-state index is 11.0. The number of rotatable bonds is 2. The van der Waals surface area contributed by atoms with Gasteiger partial charge in [0.05, 0.1) is 23.1 Å². The summed E-state index contributed by atoms with van der Waals surface area (Å²) >= 11 is 6.14. The minimum Gasteiger partial charge on any atom is -0.495 e. The summed E-state index contributed by atoms with van der Waals surface area (Å²) in [5.74, 6) is 0.280. The molecule has 0 saturated carbocycles. The fourth-order valence-electron chi connectivity index (χ4n) is 1.70. The molecule has 88 valence electrons. The number of nitro benzene ring substituents is 1. The zero-order valence-electron chi connectivity index (χ0n) is 9.23. The van der Waals surface area contributed by atoms with E-state index in [9.17, 15) is 10.1 Å². The normalized spacial score (nSPS) is 10.5. The summed E-state index contributed by atoms with van der Waals surface area (Å²) in [4.78, 5) is 14.5. The molecule has 0 spiro atoms. The van der Waals surface area contributed by atoms with Crippen molar-refractivity contribution in [2.45, 2.75) is 6.92 Å². The highest BCUT2D eigenvalue weighted by Crippen LogP contribution is 2.39. The number of fused-ring (bicyclic) bond motifs is 1. The van der Waals surface area contributed by atoms with Gasteiger partial charge in [0, 0.05) is 11.6 Å². The van der Waals surface area contributed by atoms with Crippen LogP contribution in [0.3, 0.4) is 0 Å². The van der Waals surface area contributed by atoms with Crippen LogP contribution in [0.4, 0.5) is 5.69 Å². The summed E-state index contributed by atoms with van der Waals surface area (Å²) in [6, 6.07) is 3.04. The first-order valence-corrected chi connectivity index (χ1v) is 5.20. The summed E-state index contributed by atoms with van der Waals surface area (Å²) < 4.78 is 5.03. The van der Waals surface area contributed by atoms with Gasteiger partial charge in [-0.25, -0.2) is 4.98 Å². The second kappa shape index (κ2) is 4.18. The van der Waals surface area contributed by atoms with Crippen LogP contribution < -0.4 is 4.74 Å². The molecular weight excluding hydrogens is 244 g/mol. The predicted molar refractivity (Wildman–Crippen MR) is 64.7 cm³/mol. The Kier molecular flexibility index (Phi) is 2.85. The smallest absolute Gasteiger partial charge is 0.299 e. The van der Waals surface area contributed by atoms with Gasteiger partial charge < -0.3 is 4.74 Å². The van der Waals surface area contributed by atoms with E-state index in [4.69, 9.17) is 16.3 Å². The molecule has 2 aromatic rings. The van der Waals surface area contributed by atoms with Crippen molar-refractivity contribution < 1.29 is 9.66 Å². The van der Waals surface area contributed by atoms with Crippen molar-refractivity contribution in [2.75, 3.05) is 7.11 Å². The van der Waals surface area contributed by atoms with E-state index in [0.717, 1.165) is 5.56 Å². The van der Waals surface area contributed by atoms with Crippen LogP contribution in [-0.4, -0.2) is 17.0 Å². The van der Waals surface area contributed by atoms with Gasteiger partial charge in [0.2, 0.25) is 0 Å². The van der Waals surface area contributed by atoms with Crippen LogP contribution in [0.5, 0.6) is 5.75 Å². The fraction of sp³-hybridized carbons (Fsp3) is 0.182. The second-order valence-corrected chi connectivity index (χ2v) is 3.90. The number of non-ortho nitro benzene ring substituents is 1. The summed E-state index contributed by atoms with van der Waals surface area (Å²) in [7, 11) is 1.42. The highest BCUT2D eigenvalue weighted by molar-refractivity contribution is 6.37. The molecule has 0 fully saturated rings. The number of hydrogen-bond acceptors (Lipinski definition) is 4. The van der Waals surface area contributed by atoms with Crippen LogP contribution in [0, 0.1) is 17.0 Å². The quantitative estimate of drug-likeness (QED) is 0.608. The average molecular weight is 253 g/mol. The van der Waals surface area contributed by atoms with Gasteiger partial charge >= 0.3 is 0 Å². The van der Waals surface area contributed by atoms with E-state index in [0.29, 0.717) is 10.4 Å². The minimum absolute atomic E-state index is 0.107. The Morgan fingerprint density at radius 1 is 1.53 bits per heavy atom. The van der Waals surface area contributed by atoms with Crippen molar-refractivity contribution >= 4 is 28.2 Å². The van der Waals surface area contributed by atoms with E-state index in [-0.39, 0.29) is 17.0 Å². The van der Waals surface area contributed by atoms with E-state index in [2.05, 4.69) is 4.98 Å². The second-order valence-electron chi connectivity index (χ2n) is 3.52. The first-order valence-electron chi connectivity index (χ1n) is 4.82. The third kappa shape index (κ3) is 1.78. The zero-order valence-corrected chi connectivity index (χ0v) is 9.99. The van der Waals surface area contributed by atoms with Crippen LogP contribution in [0.25, 0.3) is 10.9 Å². The lowest BCUT2D eigenvalue weighted by Gasteiger charge is -2.08. The number of pyridine rings is 1. The first-order chi connectivity index (χ1) is 8.06. The molecule has 0 amide bonds. The molecule has 0 aliphatic rings. The number of ether oxygens (including phenoxy) is 1. The van der Waals surface area contributed by atoms with Gasteiger partial charge in [-0.05, 0) is 18.6 Å². The van der Waals surface area contributed by atoms with E-state index < -0.39 is 4.92 Å². The molecule has 1 heterocycles. The molecule has 17 heavy (non-hydrogen) atoms. The lowest BCUT2D eigenvalue weighted by molar-refractivity contribution is -0.383. The molecular formula is C11H9ClN2O3. The standard InChI is InChI=1S/C11H9ClN2O3/c1-6-3-4-13-11-7(14(15)16)5-8(17-2)10(12)9(6)11/h3-5H,1-2H3. The van der Waals surface area contributed by atoms with Crippen molar-refractivity contribution in [1.82, 2.24) is 4.98 Å². The van der Waals surface area contributed by atoms with Gasteiger partial charge in [0.1, 0.15) is 11.3 Å². The molecule has 0 saturated heterocycles. The maximum atomic E-state index is 11.0. The number of halogens is 1. The number of nitro groups is 1. The van der Waals surface area contributed by atoms with Crippen molar-refractivity contribution in [2.24, 2.45) is 0 Å². The van der Waals surface area contributed by atoms with Gasteiger partial charge in [0.25, 0.3) is 5.69 Å². The lowest BCUT2D eigenvalue weighted by Crippen LogP contribution is -1.96. The molecule has 6 heteroatoms. The van der Waals surface area contributed by atoms with Crippen LogP contribution in [-0.2, 0) is 0 Å². The molecule has 1 aromatic heterocycles. The summed E-state index contributed by atoms with van der Waals surface area (Å²) in [6.45, 7) is 1.82. The number of nitrogens with zero attached hydrogens (tertiary/aromatic N) is 2. The molecule has 0 aliphatic heterocycles. The SMILES string of the molecule is COc1cc([N+](=O)[O-])c2nccc(C)c2c1Cl. The molecule has 0 atom stereocenters. The molecule has 1 aromatic carbocycles. The monoisotopic (exact) mass is 252 g/mol. The molecule has 0 aliphatic carbocycles. The third-order valence-electron chi connectivity index (χ3n) is 2.52. The number of aryl methyl sites for hydroxylation is 1. The van der Waals surface area contributed by atoms with Gasteiger partial charge in [-0.3, -0.25) is 10.1 Å². The Hall–Kier alpha value is -1.88. The summed E-state index contributed by atoms with van der Waals surface area (Å²) in [6.07, 6.45) is 1.52. The molecule has 0 bridgehead atoms. The van der Waals surface area contributed by atoms with Crippen molar-refractivity contribution in [3.05, 3.63) is 39.0 Å². The first kappa shape index (κ1) is 11.6. The van der Waals surface area contributed by atoms with Gasteiger partial charge in [-0.2, -0.15) is 0 Å². The number of hydrogen-bond donors (Lipinski definition) is 0. The Balaban J connectivity index is 2.97. The number of benzene rings is 1. The van der Waals surface area contributed by atoms with Crippen LogP contribution in [0.1, 0.15) is 5.56 Å². The number of methoxy groups -OCH3 is 1. The van der Waals surface area contributed by atoms with Crippen molar-refractivity contribution in [1.29, 1.82) is 0 Å². The topological polar surface area (TPSA) is 65.3 Å². The number of aromatic nitrogens is 1. The van der Waals surface area contributed by atoms with Gasteiger partial charge in [-0.1, -0.05) is 11.6 Å². The predicted octanol–water partition coefficient (Wildman–Crippen LogP) is 3.11. The lowest BCUT2D eigenvalue weighted by atomic mass is 10.1. The van der Waals surface area contributed by atoms with Crippen molar-refractivity contribution in [3.63, 3.8) is 0 Å². The van der Waals surface area contributed by atoms with E-state index in [1.165, 1.54) is 19.4 Å². The van der Waals surface area contributed by atoms with Gasteiger partial charge in [0.15, 0.2) is 0 Å². The Labute approximate surface area is 102 Å². The average Bonchev–Trinajstić information content (AvgIpc) is 2.29. The van der Waals surface area contributed by atoms with E-state index in [1.54, 1.807) is 6.07 Å². The minimum atomic E-state index is -0.492. The molecule has 2 rings (SSSR count).